The number of carbonyl (C=O) groups is 2. The summed E-state index contributed by atoms with van der Waals surface area (Å²) in [5.41, 5.74) is 7.28. The molecule has 2 atom stereocenters. The van der Waals surface area contributed by atoms with Crippen molar-refractivity contribution in [2.45, 2.75) is 12.2 Å². The quantitative estimate of drug-likeness (QED) is 0.414. The Labute approximate surface area is 182 Å². The first-order valence-electron chi connectivity index (χ1n) is 9.32. The molecule has 2 aromatic heterocycles. The van der Waals surface area contributed by atoms with Gasteiger partial charge in [0.25, 0.3) is 0 Å². The molecule has 3 aromatic rings. The SMILES string of the molecule is CS(=O)(=O)Nc1ccc(C(C(N)=O)N2c3c(C(=O)O)ccnc3NC2c2ccoc2)cc1. The van der Waals surface area contributed by atoms with E-state index in [1.54, 1.807) is 18.2 Å². The molecule has 1 aromatic carbocycles. The predicted octanol–water partition coefficient (Wildman–Crippen LogP) is 1.90. The molecule has 3 heterocycles. The molecule has 5 N–H and O–H groups in total. The molecule has 0 fully saturated rings. The molecule has 2 unspecified atom stereocenters. The van der Waals surface area contributed by atoms with Gasteiger partial charge in [0.05, 0.1) is 30.0 Å². The highest BCUT2D eigenvalue weighted by molar-refractivity contribution is 7.92. The highest BCUT2D eigenvalue weighted by Gasteiger charge is 2.42. The van der Waals surface area contributed by atoms with Crippen molar-refractivity contribution < 1.29 is 27.5 Å². The Kier molecular flexibility index (Phi) is 5.22. The van der Waals surface area contributed by atoms with E-state index in [1.165, 1.54) is 41.8 Å². The predicted molar refractivity (Wildman–Crippen MR) is 116 cm³/mol. The van der Waals surface area contributed by atoms with Gasteiger partial charge in [-0.05, 0) is 29.8 Å². The van der Waals surface area contributed by atoms with Crippen LogP contribution in [0.4, 0.5) is 17.2 Å². The first-order chi connectivity index (χ1) is 15.2. The van der Waals surface area contributed by atoms with Gasteiger partial charge in [-0.3, -0.25) is 9.52 Å². The number of fused-ring (bicyclic) bond motifs is 1. The highest BCUT2D eigenvalue weighted by Crippen LogP contribution is 2.47. The molecule has 32 heavy (non-hydrogen) atoms. The Hall–Kier alpha value is -4.06. The molecule has 1 aliphatic heterocycles. The third-order valence-corrected chi connectivity index (χ3v) is 5.51. The van der Waals surface area contributed by atoms with Crippen LogP contribution in [0.15, 0.2) is 59.5 Å². The second-order valence-corrected chi connectivity index (χ2v) is 8.92. The van der Waals surface area contributed by atoms with E-state index in [-0.39, 0.29) is 17.1 Å². The number of carboxylic acids is 1. The summed E-state index contributed by atoms with van der Waals surface area (Å²) in [6, 6.07) is 7.99. The number of carbonyl (C=O) groups excluding carboxylic acids is 1. The van der Waals surface area contributed by atoms with Crippen molar-refractivity contribution in [3.05, 3.63) is 71.8 Å². The molecule has 0 spiro atoms. The van der Waals surface area contributed by atoms with Gasteiger partial charge in [-0.2, -0.15) is 0 Å². The Morgan fingerprint density at radius 3 is 2.53 bits per heavy atom. The summed E-state index contributed by atoms with van der Waals surface area (Å²) in [5, 5.41) is 12.9. The summed E-state index contributed by atoms with van der Waals surface area (Å²) in [6.07, 6.45) is 4.61. The lowest BCUT2D eigenvalue weighted by Gasteiger charge is -2.33. The number of carboxylic acid groups (broad SMARTS) is 1. The molecular weight excluding hydrogens is 438 g/mol. The van der Waals surface area contributed by atoms with Crippen LogP contribution in [-0.4, -0.2) is 36.6 Å². The van der Waals surface area contributed by atoms with Crippen LogP contribution in [0.25, 0.3) is 0 Å². The largest absolute Gasteiger partial charge is 0.478 e. The fourth-order valence-electron chi connectivity index (χ4n) is 3.68. The minimum Gasteiger partial charge on any atom is -0.478 e. The third-order valence-electron chi connectivity index (χ3n) is 4.90. The number of aromatic carboxylic acids is 1. The number of hydrogen-bond donors (Lipinski definition) is 4. The summed E-state index contributed by atoms with van der Waals surface area (Å²) in [4.78, 5) is 30.3. The van der Waals surface area contributed by atoms with Crippen LogP contribution >= 0.6 is 0 Å². The van der Waals surface area contributed by atoms with Crippen molar-refractivity contribution in [1.82, 2.24) is 4.98 Å². The highest BCUT2D eigenvalue weighted by atomic mass is 32.2. The number of nitrogens with one attached hydrogen (secondary N) is 2. The number of benzene rings is 1. The van der Waals surface area contributed by atoms with E-state index in [0.717, 1.165) is 6.26 Å². The average molecular weight is 457 g/mol. The van der Waals surface area contributed by atoms with Crippen LogP contribution in [0.5, 0.6) is 0 Å². The number of sulfonamides is 1. The summed E-state index contributed by atoms with van der Waals surface area (Å²) in [7, 11) is -3.48. The fourth-order valence-corrected chi connectivity index (χ4v) is 4.25. The molecule has 11 nitrogen and oxygen atoms in total. The summed E-state index contributed by atoms with van der Waals surface area (Å²) >= 11 is 0. The number of pyridine rings is 1. The van der Waals surface area contributed by atoms with Gasteiger partial charge in [-0.1, -0.05) is 12.1 Å². The van der Waals surface area contributed by atoms with Crippen LogP contribution in [-0.2, 0) is 14.8 Å². The maximum atomic E-state index is 12.7. The maximum absolute atomic E-state index is 12.7. The van der Waals surface area contributed by atoms with E-state index in [1.807, 2.05) is 0 Å². The van der Waals surface area contributed by atoms with Gasteiger partial charge in [0.15, 0.2) is 5.82 Å². The molecule has 0 radical (unpaired) electrons. The summed E-state index contributed by atoms with van der Waals surface area (Å²) in [5.74, 6) is -1.66. The molecule has 166 valence electrons. The van der Waals surface area contributed by atoms with Gasteiger partial charge in [-0.25, -0.2) is 18.2 Å². The number of anilines is 3. The Morgan fingerprint density at radius 2 is 1.97 bits per heavy atom. The summed E-state index contributed by atoms with van der Waals surface area (Å²) in [6.45, 7) is 0. The molecule has 0 bridgehead atoms. The Morgan fingerprint density at radius 1 is 1.25 bits per heavy atom. The average Bonchev–Trinajstić information content (AvgIpc) is 3.36. The van der Waals surface area contributed by atoms with Crippen molar-refractivity contribution in [3.8, 4) is 0 Å². The lowest BCUT2D eigenvalue weighted by molar-refractivity contribution is -0.119. The number of aromatic nitrogens is 1. The van der Waals surface area contributed by atoms with Crippen LogP contribution in [0, 0.1) is 0 Å². The summed E-state index contributed by atoms with van der Waals surface area (Å²) < 4.78 is 30.5. The van der Waals surface area contributed by atoms with E-state index in [0.29, 0.717) is 16.8 Å². The normalized spacial score (nSPS) is 16.2. The van der Waals surface area contributed by atoms with E-state index < -0.39 is 34.1 Å². The van der Waals surface area contributed by atoms with Crippen molar-refractivity contribution in [3.63, 3.8) is 0 Å². The van der Waals surface area contributed by atoms with Crippen molar-refractivity contribution in [2.24, 2.45) is 5.73 Å². The first-order valence-corrected chi connectivity index (χ1v) is 11.2. The van der Waals surface area contributed by atoms with Gasteiger partial charge in [0.2, 0.25) is 15.9 Å². The van der Waals surface area contributed by atoms with Crippen LogP contribution in [0.3, 0.4) is 0 Å². The minimum absolute atomic E-state index is 0.0601. The number of rotatable bonds is 7. The maximum Gasteiger partial charge on any atom is 0.338 e. The van der Waals surface area contributed by atoms with E-state index in [4.69, 9.17) is 10.2 Å². The topological polar surface area (TPSA) is 168 Å². The number of hydrogen-bond acceptors (Lipinski definition) is 8. The van der Waals surface area contributed by atoms with E-state index in [2.05, 4.69) is 15.0 Å². The van der Waals surface area contributed by atoms with Crippen molar-refractivity contribution in [1.29, 1.82) is 0 Å². The van der Waals surface area contributed by atoms with Gasteiger partial charge in [0, 0.05) is 17.4 Å². The van der Waals surface area contributed by atoms with Crippen LogP contribution < -0.4 is 20.7 Å². The number of primary amides is 1. The monoisotopic (exact) mass is 457 g/mol. The second-order valence-electron chi connectivity index (χ2n) is 7.17. The first kappa shape index (κ1) is 21.2. The zero-order valence-electron chi connectivity index (χ0n) is 16.7. The standard InChI is InChI=1S/C20H19N5O6S/c1-32(29,30)24-13-4-2-11(3-5-13)15(17(21)26)25-16-14(20(27)28)6-8-22-18(16)23-19(25)12-7-9-31-10-12/h2-10,15,19,24H,1H3,(H2,21,26)(H,22,23)(H,27,28). The zero-order valence-corrected chi connectivity index (χ0v) is 17.5. The molecule has 12 heteroatoms. The van der Waals surface area contributed by atoms with Gasteiger partial charge >= 0.3 is 5.97 Å². The van der Waals surface area contributed by atoms with Gasteiger partial charge in [0.1, 0.15) is 12.2 Å². The molecular formula is C20H19N5O6S. The smallest absolute Gasteiger partial charge is 0.338 e. The minimum atomic E-state index is -3.48. The Bertz CT molecular complexity index is 1270. The lowest BCUT2D eigenvalue weighted by atomic mass is 10.0. The van der Waals surface area contributed by atoms with E-state index >= 15 is 0 Å². The number of amides is 1. The molecule has 0 aliphatic carbocycles. The van der Waals surface area contributed by atoms with E-state index in [9.17, 15) is 23.1 Å². The van der Waals surface area contributed by atoms with Crippen LogP contribution in [0.2, 0.25) is 0 Å². The molecule has 0 saturated heterocycles. The van der Waals surface area contributed by atoms with Gasteiger partial charge < -0.3 is 25.5 Å². The lowest BCUT2D eigenvalue weighted by Crippen LogP contribution is -2.40. The second kappa shape index (κ2) is 7.89. The van der Waals surface area contributed by atoms with Gasteiger partial charge in [-0.15, -0.1) is 0 Å². The van der Waals surface area contributed by atoms with Crippen LogP contribution in [0.1, 0.15) is 33.7 Å². The fraction of sp³-hybridized carbons (Fsp3) is 0.150. The zero-order chi connectivity index (χ0) is 23.0. The molecule has 0 saturated carbocycles. The number of nitrogens with zero attached hydrogens (tertiary/aromatic N) is 2. The number of nitrogens with two attached hydrogens (primary N) is 1. The molecule has 4 rings (SSSR count). The van der Waals surface area contributed by atoms with Crippen molar-refractivity contribution >= 4 is 39.1 Å². The molecule has 1 amide bonds. The number of furan rings is 1. The molecule has 1 aliphatic rings. The van der Waals surface area contributed by atoms with Crippen molar-refractivity contribution in [2.75, 3.05) is 21.2 Å². The third kappa shape index (κ3) is 3.95. The Balaban J connectivity index is 1.84.